The van der Waals surface area contributed by atoms with Gasteiger partial charge in [-0.05, 0) is 31.5 Å². The quantitative estimate of drug-likeness (QED) is 0.944. The van der Waals surface area contributed by atoms with Crippen LogP contribution in [0.5, 0.6) is 5.75 Å². The Balaban J connectivity index is 1.77. The molecule has 4 heteroatoms. The van der Waals surface area contributed by atoms with Crippen molar-refractivity contribution in [3.63, 3.8) is 0 Å². The number of carbonyl (C=O) groups excluding carboxylic acids is 1. The van der Waals surface area contributed by atoms with E-state index in [4.69, 9.17) is 10.5 Å². The Bertz CT molecular complexity index is 698. The van der Waals surface area contributed by atoms with E-state index in [1.807, 2.05) is 50.2 Å². The summed E-state index contributed by atoms with van der Waals surface area (Å²) in [6, 6.07) is 13.1. The molecule has 1 atom stereocenters. The lowest BCUT2D eigenvalue weighted by Gasteiger charge is -2.20. The standard InChI is InChI=1S/C18H20N2O2/c1-12-10-13(2)17-15(11-12)16(19)18(21)20(17)8-9-22-14-6-4-3-5-7-14/h3-7,10-11,16H,8-9,19H2,1-2H3. The van der Waals surface area contributed by atoms with Crippen LogP contribution in [0.1, 0.15) is 22.7 Å². The van der Waals surface area contributed by atoms with Crippen LogP contribution in [0.4, 0.5) is 5.69 Å². The molecule has 0 saturated heterocycles. The van der Waals surface area contributed by atoms with Crippen molar-refractivity contribution in [2.75, 3.05) is 18.1 Å². The molecular weight excluding hydrogens is 276 g/mol. The Labute approximate surface area is 130 Å². The predicted octanol–water partition coefficient (Wildman–Crippen LogP) is 2.73. The zero-order chi connectivity index (χ0) is 15.7. The highest BCUT2D eigenvalue weighted by Crippen LogP contribution is 2.37. The lowest BCUT2D eigenvalue weighted by Crippen LogP contribution is -2.35. The van der Waals surface area contributed by atoms with E-state index in [-0.39, 0.29) is 5.91 Å². The number of hydrogen-bond acceptors (Lipinski definition) is 3. The van der Waals surface area contributed by atoms with Crippen molar-refractivity contribution < 1.29 is 9.53 Å². The first-order chi connectivity index (χ1) is 10.6. The number of aryl methyl sites for hydroxylation is 2. The van der Waals surface area contributed by atoms with E-state index >= 15 is 0 Å². The van der Waals surface area contributed by atoms with Gasteiger partial charge in [0.05, 0.1) is 12.2 Å². The average molecular weight is 296 g/mol. The van der Waals surface area contributed by atoms with Crippen LogP contribution in [0.3, 0.4) is 0 Å². The van der Waals surface area contributed by atoms with Crippen molar-refractivity contribution in [3.05, 3.63) is 59.2 Å². The Morgan fingerprint density at radius 1 is 1.18 bits per heavy atom. The van der Waals surface area contributed by atoms with Crippen molar-refractivity contribution in [2.45, 2.75) is 19.9 Å². The summed E-state index contributed by atoms with van der Waals surface area (Å²) in [6.07, 6.45) is 0. The number of fused-ring (bicyclic) bond motifs is 1. The number of nitrogens with zero attached hydrogens (tertiary/aromatic N) is 1. The second-order valence-electron chi connectivity index (χ2n) is 5.65. The van der Waals surface area contributed by atoms with Gasteiger partial charge in [-0.2, -0.15) is 0 Å². The number of benzene rings is 2. The van der Waals surface area contributed by atoms with Gasteiger partial charge in [0.2, 0.25) is 5.91 Å². The maximum absolute atomic E-state index is 12.4. The summed E-state index contributed by atoms with van der Waals surface area (Å²) >= 11 is 0. The van der Waals surface area contributed by atoms with Crippen LogP contribution in [-0.4, -0.2) is 19.1 Å². The number of amides is 1. The summed E-state index contributed by atoms with van der Waals surface area (Å²) in [5, 5.41) is 0. The van der Waals surface area contributed by atoms with Crippen LogP contribution in [0.15, 0.2) is 42.5 Å². The monoisotopic (exact) mass is 296 g/mol. The van der Waals surface area contributed by atoms with E-state index < -0.39 is 6.04 Å². The summed E-state index contributed by atoms with van der Waals surface area (Å²) in [4.78, 5) is 14.2. The van der Waals surface area contributed by atoms with Gasteiger partial charge < -0.3 is 15.4 Å². The van der Waals surface area contributed by atoms with Gasteiger partial charge in [-0.15, -0.1) is 0 Å². The fraction of sp³-hybridized carbons (Fsp3) is 0.278. The van der Waals surface area contributed by atoms with Crippen molar-refractivity contribution in [3.8, 4) is 5.75 Å². The second kappa shape index (κ2) is 5.81. The third-order valence-corrected chi connectivity index (χ3v) is 3.94. The molecule has 0 bridgehead atoms. The topological polar surface area (TPSA) is 55.6 Å². The van der Waals surface area contributed by atoms with E-state index in [2.05, 4.69) is 6.07 Å². The fourth-order valence-electron chi connectivity index (χ4n) is 3.00. The molecule has 1 aliphatic heterocycles. The second-order valence-corrected chi connectivity index (χ2v) is 5.65. The molecule has 0 fully saturated rings. The number of hydrogen-bond donors (Lipinski definition) is 1. The first kappa shape index (κ1) is 14.6. The summed E-state index contributed by atoms with van der Waals surface area (Å²) in [6.45, 7) is 4.97. The summed E-state index contributed by atoms with van der Waals surface area (Å²) < 4.78 is 5.70. The van der Waals surface area contributed by atoms with Gasteiger partial charge in [-0.1, -0.05) is 35.9 Å². The highest BCUT2D eigenvalue weighted by atomic mass is 16.5. The van der Waals surface area contributed by atoms with E-state index in [0.29, 0.717) is 13.2 Å². The molecule has 1 aliphatic rings. The van der Waals surface area contributed by atoms with Gasteiger partial charge in [-0.3, -0.25) is 4.79 Å². The largest absolute Gasteiger partial charge is 0.492 e. The summed E-state index contributed by atoms with van der Waals surface area (Å²) in [5.41, 5.74) is 10.1. The van der Waals surface area contributed by atoms with Crippen molar-refractivity contribution in [1.29, 1.82) is 0 Å². The van der Waals surface area contributed by atoms with Crippen LogP contribution < -0.4 is 15.4 Å². The minimum atomic E-state index is -0.565. The van der Waals surface area contributed by atoms with Crippen molar-refractivity contribution in [2.24, 2.45) is 5.73 Å². The minimum Gasteiger partial charge on any atom is -0.492 e. The van der Waals surface area contributed by atoms with Gasteiger partial charge in [-0.25, -0.2) is 0 Å². The fourth-order valence-corrected chi connectivity index (χ4v) is 3.00. The van der Waals surface area contributed by atoms with Gasteiger partial charge in [0.25, 0.3) is 0 Å². The molecule has 114 valence electrons. The zero-order valence-corrected chi connectivity index (χ0v) is 12.9. The first-order valence-corrected chi connectivity index (χ1v) is 7.44. The highest BCUT2D eigenvalue weighted by Gasteiger charge is 2.35. The molecule has 2 N–H and O–H groups in total. The molecule has 2 aromatic rings. The predicted molar refractivity (Wildman–Crippen MR) is 87.1 cm³/mol. The van der Waals surface area contributed by atoms with E-state index in [0.717, 1.165) is 28.1 Å². The maximum atomic E-state index is 12.4. The van der Waals surface area contributed by atoms with Crippen LogP contribution in [0.25, 0.3) is 0 Å². The minimum absolute atomic E-state index is 0.0552. The highest BCUT2D eigenvalue weighted by molar-refractivity contribution is 6.05. The third-order valence-electron chi connectivity index (χ3n) is 3.94. The molecule has 0 spiro atoms. The first-order valence-electron chi connectivity index (χ1n) is 7.44. The van der Waals surface area contributed by atoms with Gasteiger partial charge in [0.1, 0.15) is 18.4 Å². The normalized spacial score (nSPS) is 16.8. The number of anilines is 1. The van der Waals surface area contributed by atoms with Gasteiger partial charge in [0, 0.05) is 5.56 Å². The van der Waals surface area contributed by atoms with Crippen molar-refractivity contribution >= 4 is 11.6 Å². The molecule has 0 aliphatic carbocycles. The summed E-state index contributed by atoms with van der Waals surface area (Å²) in [7, 11) is 0. The molecule has 22 heavy (non-hydrogen) atoms. The van der Waals surface area contributed by atoms with Crippen LogP contribution in [0, 0.1) is 13.8 Å². The molecular formula is C18H20N2O2. The molecule has 1 amide bonds. The SMILES string of the molecule is Cc1cc(C)c2c(c1)C(N)C(=O)N2CCOc1ccccc1. The molecule has 0 aromatic heterocycles. The van der Waals surface area contributed by atoms with E-state index in [1.54, 1.807) is 4.90 Å². The summed E-state index contributed by atoms with van der Waals surface area (Å²) in [5.74, 6) is 0.750. The molecule has 2 aromatic carbocycles. The third kappa shape index (κ3) is 2.57. The van der Waals surface area contributed by atoms with Gasteiger partial charge in [0.15, 0.2) is 0 Å². The van der Waals surface area contributed by atoms with Crippen LogP contribution >= 0.6 is 0 Å². The lowest BCUT2D eigenvalue weighted by atomic mass is 10.0. The maximum Gasteiger partial charge on any atom is 0.248 e. The molecule has 0 radical (unpaired) electrons. The molecule has 3 rings (SSSR count). The van der Waals surface area contributed by atoms with Crippen LogP contribution in [0.2, 0.25) is 0 Å². The van der Waals surface area contributed by atoms with Gasteiger partial charge >= 0.3 is 0 Å². The zero-order valence-electron chi connectivity index (χ0n) is 12.9. The van der Waals surface area contributed by atoms with E-state index in [1.165, 1.54) is 0 Å². The Kier molecular flexibility index (Phi) is 3.86. The number of carbonyl (C=O) groups is 1. The molecule has 1 unspecified atom stereocenters. The lowest BCUT2D eigenvalue weighted by molar-refractivity contribution is -0.119. The number of nitrogens with two attached hydrogens (primary N) is 1. The Morgan fingerprint density at radius 3 is 2.64 bits per heavy atom. The molecule has 4 nitrogen and oxygen atoms in total. The van der Waals surface area contributed by atoms with E-state index in [9.17, 15) is 4.79 Å². The Hall–Kier alpha value is -2.33. The molecule has 1 heterocycles. The smallest absolute Gasteiger partial charge is 0.248 e. The Morgan fingerprint density at radius 2 is 1.91 bits per heavy atom. The van der Waals surface area contributed by atoms with Crippen LogP contribution in [-0.2, 0) is 4.79 Å². The molecule has 0 saturated carbocycles. The number of ether oxygens (including phenoxy) is 1. The average Bonchev–Trinajstić information content (AvgIpc) is 2.74. The number of para-hydroxylation sites is 1. The van der Waals surface area contributed by atoms with Crippen molar-refractivity contribution in [1.82, 2.24) is 0 Å². The number of rotatable bonds is 4.